The molecule has 0 radical (unpaired) electrons. The zero-order chi connectivity index (χ0) is 14.2. The SMILES string of the molecule is CC(c1noc(-c2ccc(Cl)c(N)c2)n1)S(C)(=O)=O. The summed E-state index contributed by atoms with van der Waals surface area (Å²) in [6.45, 7) is 1.50. The number of sulfone groups is 1. The van der Waals surface area contributed by atoms with Crippen molar-refractivity contribution in [3.8, 4) is 11.5 Å². The highest BCUT2D eigenvalue weighted by Crippen LogP contribution is 2.27. The van der Waals surface area contributed by atoms with Crippen molar-refractivity contribution in [1.29, 1.82) is 0 Å². The van der Waals surface area contributed by atoms with Crippen LogP contribution in [0.5, 0.6) is 0 Å². The van der Waals surface area contributed by atoms with Crippen molar-refractivity contribution in [2.45, 2.75) is 12.2 Å². The van der Waals surface area contributed by atoms with Crippen LogP contribution in [-0.2, 0) is 9.84 Å². The Hall–Kier alpha value is -1.60. The number of nitrogen functional groups attached to an aromatic ring is 1. The van der Waals surface area contributed by atoms with E-state index in [1.165, 1.54) is 6.92 Å². The molecule has 0 amide bonds. The molecule has 0 fully saturated rings. The molecule has 0 aliphatic carbocycles. The van der Waals surface area contributed by atoms with Crippen molar-refractivity contribution in [3.05, 3.63) is 29.0 Å². The van der Waals surface area contributed by atoms with Gasteiger partial charge in [0.15, 0.2) is 15.7 Å². The van der Waals surface area contributed by atoms with Crippen LogP contribution in [0.25, 0.3) is 11.5 Å². The summed E-state index contributed by atoms with van der Waals surface area (Å²) in [7, 11) is -3.27. The Morgan fingerprint density at radius 1 is 1.42 bits per heavy atom. The van der Waals surface area contributed by atoms with Crippen molar-refractivity contribution >= 4 is 27.1 Å². The fraction of sp³-hybridized carbons (Fsp3) is 0.273. The molecule has 0 saturated carbocycles. The van der Waals surface area contributed by atoms with Crippen LogP contribution in [0.4, 0.5) is 5.69 Å². The molecule has 1 aromatic carbocycles. The van der Waals surface area contributed by atoms with E-state index in [0.29, 0.717) is 16.3 Å². The maximum atomic E-state index is 11.4. The monoisotopic (exact) mass is 301 g/mol. The minimum absolute atomic E-state index is 0.117. The van der Waals surface area contributed by atoms with Crippen LogP contribution in [-0.4, -0.2) is 24.8 Å². The molecule has 1 aromatic heterocycles. The first-order chi connectivity index (χ1) is 8.79. The van der Waals surface area contributed by atoms with Gasteiger partial charge in [-0.3, -0.25) is 0 Å². The molecule has 1 heterocycles. The second kappa shape index (κ2) is 4.82. The first-order valence-corrected chi connectivity index (χ1v) is 7.70. The van der Waals surface area contributed by atoms with Gasteiger partial charge in [-0.25, -0.2) is 8.42 Å². The largest absolute Gasteiger partial charge is 0.398 e. The van der Waals surface area contributed by atoms with Gasteiger partial charge in [0.25, 0.3) is 5.89 Å². The van der Waals surface area contributed by atoms with Crippen molar-refractivity contribution in [1.82, 2.24) is 10.1 Å². The lowest BCUT2D eigenvalue weighted by molar-refractivity contribution is 0.422. The highest BCUT2D eigenvalue weighted by Gasteiger charge is 2.23. The fourth-order valence-corrected chi connectivity index (χ4v) is 1.98. The van der Waals surface area contributed by atoms with Gasteiger partial charge in [0.05, 0.1) is 10.7 Å². The van der Waals surface area contributed by atoms with Crippen molar-refractivity contribution in [2.24, 2.45) is 0 Å². The Kier molecular flexibility index (Phi) is 3.51. The maximum Gasteiger partial charge on any atom is 0.258 e. The summed E-state index contributed by atoms with van der Waals surface area (Å²) in [5.74, 6) is 0.319. The number of nitrogens with zero attached hydrogens (tertiary/aromatic N) is 2. The zero-order valence-electron chi connectivity index (χ0n) is 10.3. The second-order valence-electron chi connectivity index (χ2n) is 4.17. The number of hydrogen-bond acceptors (Lipinski definition) is 6. The maximum absolute atomic E-state index is 11.4. The second-order valence-corrected chi connectivity index (χ2v) is 6.94. The average Bonchev–Trinajstić information content (AvgIpc) is 2.79. The Labute approximate surface area is 115 Å². The van der Waals surface area contributed by atoms with Gasteiger partial charge >= 0.3 is 0 Å². The number of benzene rings is 1. The van der Waals surface area contributed by atoms with Crippen LogP contribution in [0.15, 0.2) is 22.7 Å². The van der Waals surface area contributed by atoms with Gasteiger partial charge in [-0.2, -0.15) is 4.98 Å². The van der Waals surface area contributed by atoms with E-state index in [9.17, 15) is 8.42 Å². The Bertz CT molecular complexity index is 712. The normalized spacial score (nSPS) is 13.4. The lowest BCUT2D eigenvalue weighted by atomic mass is 10.2. The Morgan fingerprint density at radius 2 is 2.11 bits per heavy atom. The standard InChI is InChI=1S/C11H12ClN3O3S/c1-6(19(2,16)17)10-14-11(18-15-10)7-3-4-8(12)9(13)5-7/h3-6H,13H2,1-2H3. The summed E-state index contributed by atoms with van der Waals surface area (Å²) in [5, 5.41) is 3.27. The highest BCUT2D eigenvalue weighted by molar-refractivity contribution is 7.90. The van der Waals surface area contributed by atoms with Crippen LogP contribution in [0.1, 0.15) is 18.0 Å². The molecular formula is C11H12ClN3O3S. The third kappa shape index (κ3) is 2.87. The molecule has 2 aromatic rings. The molecular weight excluding hydrogens is 290 g/mol. The van der Waals surface area contributed by atoms with E-state index < -0.39 is 15.1 Å². The molecule has 8 heteroatoms. The molecule has 19 heavy (non-hydrogen) atoms. The van der Waals surface area contributed by atoms with Crippen molar-refractivity contribution in [2.75, 3.05) is 12.0 Å². The number of nitrogens with two attached hydrogens (primary N) is 1. The minimum Gasteiger partial charge on any atom is -0.398 e. The topological polar surface area (TPSA) is 99.1 Å². The first kappa shape index (κ1) is 13.8. The van der Waals surface area contributed by atoms with Crippen molar-refractivity contribution < 1.29 is 12.9 Å². The molecule has 0 bridgehead atoms. The molecule has 1 unspecified atom stereocenters. The quantitative estimate of drug-likeness (QED) is 0.871. The van der Waals surface area contributed by atoms with E-state index in [2.05, 4.69) is 10.1 Å². The van der Waals surface area contributed by atoms with E-state index in [0.717, 1.165) is 6.26 Å². The summed E-state index contributed by atoms with van der Waals surface area (Å²) >= 11 is 5.81. The first-order valence-electron chi connectivity index (χ1n) is 5.37. The van der Waals surface area contributed by atoms with E-state index >= 15 is 0 Å². The van der Waals surface area contributed by atoms with Gasteiger partial charge in [-0.1, -0.05) is 16.8 Å². The number of anilines is 1. The lowest BCUT2D eigenvalue weighted by Gasteiger charge is -2.02. The molecule has 1 atom stereocenters. The predicted molar refractivity (Wildman–Crippen MR) is 72.4 cm³/mol. The van der Waals surface area contributed by atoms with Gasteiger partial charge in [0, 0.05) is 11.8 Å². The highest BCUT2D eigenvalue weighted by atomic mass is 35.5. The lowest BCUT2D eigenvalue weighted by Crippen LogP contribution is -2.09. The third-order valence-electron chi connectivity index (χ3n) is 2.69. The summed E-state index contributed by atoms with van der Waals surface area (Å²) in [6.07, 6.45) is 1.12. The number of rotatable bonds is 3. The van der Waals surface area contributed by atoms with Crippen LogP contribution in [0, 0.1) is 0 Å². The van der Waals surface area contributed by atoms with Crippen LogP contribution in [0.2, 0.25) is 5.02 Å². The molecule has 0 aliphatic heterocycles. The summed E-state index contributed by atoms with van der Waals surface area (Å²) < 4.78 is 27.9. The zero-order valence-corrected chi connectivity index (χ0v) is 11.9. The molecule has 6 nitrogen and oxygen atoms in total. The van der Waals surface area contributed by atoms with E-state index in [-0.39, 0.29) is 11.7 Å². The van der Waals surface area contributed by atoms with Gasteiger partial charge in [-0.05, 0) is 25.1 Å². The number of aromatic nitrogens is 2. The number of halogens is 1. The average molecular weight is 302 g/mol. The van der Waals surface area contributed by atoms with Gasteiger partial charge in [-0.15, -0.1) is 0 Å². The Balaban J connectivity index is 2.38. The predicted octanol–water partition coefficient (Wildman–Crippen LogP) is 2.08. The van der Waals surface area contributed by atoms with Gasteiger partial charge < -0.3 is 10.3 Å². The van der Waals surface area contributed by atoms with Gasteiger partial charge in [0.1, 0.15) is 5.25 Å². The summed E-state index contributed by atoms with van der Waals surface area (Å²) in [5.41, 5.74) is 6.65. The molecule has 0 spiro atoms. The minimum atomic E-state index is -3.27. The van der Waals surface area contributed by atoms with Crippen LogP contribution >= 0.6 is 11.6 Å². The molecule has 2 N–H and O–H groups in total. The number of hydrogen-bond donors (Lipinski definition) is 1. The molecule has 2 rings (SSSR count). The molecule has 0 saturated heterocycles. The fourth-order valence-electron chi connectivity index (χ4n) is 1.39. The van der Waals surface area contributed by atoms with Crippen LogP contribution < -0.4 is 5.73 Å². The van der Waals surface area contributed by atoms with Gasteiger partial charge in [0.2, 0.25) is 0 Å². The molecule has 102 valence electrons. The van der Waals surface area contributed by atoms with Crippen molar-refractivity contribution in [3.63, 3.8) is 0 Å². The van der Waals surface area contributed by atoms with Crippen LogP contribution in [0.3, 0.4) is 0 Å². The summed E-state index contributed by atoms with van der Waals surface area (Å²) in [6, 6.07) is 4.86. The molecule has 0 aliphatic rings. The van der Waals surface area contributed by atoms with E-state index in [4.69, 9.17) is 21.9 Å². The Morgan fingerprint density at radius 3 is 2.68 bits per heavy atom. The summed E-state index contributed by atoms with van der Waals surface area (Å²) in [4.78, 5) is 4.06. The smallest absolute Gasteiger partial charge is 0.258 e. The third-order valence-corrected chi connectivity index (χ3v) is 4.53. The van der Waals surface area contributed by atoms with E-state index in [1.54, 1.807) is 18.2 Å². The van der Waals surface area contributed by atoms with E-state index in [1.807, 2.05) is 0 Å².